The summed E-state index contributed by atoms with van der Waals surface area (Å²) in [5.74, 6) is 1.67. The summed E-state index contributed by atoms with van der Waals surface area (Å²) in [5, 5.41) is 15.4. The lowest BCUT2D eigenvalue weighted by Gasteiger charge is -2.41. The van der Waals surface area contributed by atoms with E-state index >= 15 is 0 Å². The summed E-state index contributed by atoms with van der Waals surface area (Å²) in [6, 6.07) is 4.43. The zero-order chi connectivity index (χ0) is 19.8. The third kappa shape index (κ3) is 3.58. The van der Waals surface area contributed by atoms with Crippen molar-refractivity contribution in [1.29, 1.82) is 0 Å². The highest BCUT2D eigenvalue weighted by atomic mass is 16.3. The van der Waals surface area contributed by atoms with Gasteiger partial charge in [0.2, 0.25) is 0 Å². The fourth-order valence-electron chi connectivity index (χ4n) is 4.64. The van der Waals surface area contributed by atoms with Crippen molar-refractivity contribution in [3.8, 4) is 11.4 Å². The van der Waals surface area contributed by atoms with Gasteiger partial charge in [0, 0.05) is 50.7 Å². The van der Waals surface area contributed by atoms with Crippen LogP contribution in [0.3, 0.4) is 0 Å². The van der Waals surface area contributed by atoms with Crippen LogP contribution >= 0.6 is 0 Å². The fourth-order valence-corrected chi connectivity index (χ4v) is 4.64. The van der Waals surface area contributed by atoms with Gasteiger partial charge in [-0.25, -0.2) is 9.97 Å². The van der Waals surface area contributed by atoms with Gasteiger partial charge < -0.3 is 10.0 Å². The molecule has 0 amide bonds. The summed E-state index contributed by atoms with van der Waals surface area (Å²) >= 11 is 0. The maximum Gasteiger partial charge on any atom is 0.164 e. The van der Waals surface area contributed by atoms with Crippen molar-refractivity contribution in [1.82, 2.24) is 29.6 Å². The Hall–Kier alpha value is -2.58. The van der Waals surface area contributed by atoms with Crippen LogP contribution < -0.4 is 4.90 Å². The van der Waals surface area contributed by atoms with E-state index in [1.807, 2.05) is 30.1 Å². The minimum Gasteiger partial charge on any atom is -0.392 e. The first kappa shape index (κ1) is 18.4. The molecule has 1 N–H and O–H groups in total. The molecule has 0 radical (unpaired) electrons. The van der Waals surface area contributed by atoms with Crippen LogP contribution in [0.4, 0.5) is 5.82 Å². The zero-order valence-corrected chi connectivity index (χ0v) is 16.8. The van der Waals surface area contributed by atoms with E-state index in [9.17, 15) is 5.11 Å². The highest BCUT2D eigenvalue weighted by molar-refractivity contribution is 5.88. The molecule has 1 atom stereocenters. The molecule has 29 heavy (non-hydrogen) atoms. The quantitative estimate of drug-likeness (QED) is 0.727. The Morgan fingerprint density at radius 1 is 1.03 bits per heavy atom. The van der Waals surface area contributed by atoms with Gasteiger partial charge in [-0.2, -0.15) is 5.10 Å². The number of likely N-dealkylation sites (tertiary alicyclic amines) is 1. The summed E-state index contributed by atoms with van der Waals surface area (Å²) in [4.78, 5) is 18.6. The van der Waals surface area contributed by atoms with Gasteiger partial charge in [-0.15, -0.1) is 0 Å². The highest BCUT2D eigenvalue weighted by Gasteiger charge is 2.29. The van der Waals surface area contributed by atoms with Gasteiger partial charge in [-0.05, 0) is 44.4 Å². The number of rotatable bonds is 3. The summed E-state index contributed by atoms with van der Waals surface area (Å²) < 4.78 is 1.81. The molecule has 5 rings (SSSR count). The Bertz CT molecular complexity index is 981. The topological polar surface area (TPSA) is 83.2 Å². The van der Waals surface area contributed by atoms with E-state index in [-0.39, 0.29) is 6.10 Å². The van der Waals surface area contributed by atoms with E-state index in [0.717, 1.165) is 74.3 Å². The summed E-state index contributed by atoms with van der Waals surface area (Å²) in [5.41, 5.74) is 1.81. The number of fused-ring (bicyclic) bond motifs is 1. The van der Waals surface area contributed by atoms with Gasteiger partial charge in [0.05, 0.1) is 17.7 Å². The molecule has 3 aromatic rings. The first-order valence-corrected chi connectivity index (χ1v) is 10.5. The SMILES string of the molecule is Cn1ncc2c(N3CCC(N4CCCC(O)C4)CC3)nc(-c3ccncc3)nc21. The Morgan fingerprint density at radius 3 is 2.59 bits per heavy atom. The average Bonchev–Trinajstić information content (AvgIpc) is 3.15. The van der Waals surface area contributed by atoms with Crippen molar-refractivity contribution in [2.45, 2.75) is 37.8 Å². The number of anilines is 1. The lowest BCUT2D eigenvalue weighted by atomic mass is 9.99. The molecule has 0 aromatic carbocycles. The number of pyridine rings is 1. The molecule has 0 aliphatic carbocycles. The van der Waals surface area contributed by atoms with Crippen LogP contribution in [0.1, 0.15) is 25.7 Å². The van der Waals surface area contributed by atoms with Crippen LogP contribution in [-0.2, 0) is 7.05 Å². The maximum atomic E-state index is 10.0. The highest BCUT2D eigenvalue weighted by Crippen LogP contribution is 2.30. The van der Waals surface area contributed by atoms with Crippen molar-refractivity contribution >= 4 is 16.9 Å². The first-order chi connectivity index (χ1) is 14.2. The molecular formula is C21H27N7O. The number of aromatic nitrogens is 5. The minimum atomic E-state index is -0.165. The maximum absolute atomic E-state index is 10.0. The molecule has 2 saturated heterocycles. The van der Waals surface area contributed by atoms with E-state index in [4.69, 9.17) is 9.97 Å². The predicted molar refractivity (Wildman–Crippen MR) is 112 cm³/mol. The van der Waals surface area contributed by atoms with E-state index < -0.39 is 0 Å². The van der Waals surface area contributed by atoms with Crippen LogP contribution in [0.5, 0.6) is 0 Å². The zero-order valence-electron chi connectivity index (χ0n) is 16.8. The van der Waals surface area contributed by atoms with Crippen molar-refractivity contribution in [2.75, 3.05) is 31.1 Å². The third-order valence-electron chi connectivity index (χ3n) is 6.22. The molecule has 1 unspecified atom stereocenters. The van der Waals surface area contributed by atoms with Crippen LogP contribution in [0.25, 0.3) is 22.4 Å². The number of nitrogens with zero attached hydrogens (tertiary/aromatic N) is 7. The summed E-state index contributed by atoms with van der Waals surface area (Å²) in [7, 11) is 1.92. The van der Waals surface area contributed by atoms with Gasteiger partial charge in [-0.1, -0.05) is 0 Å². The van der Waals surface area contributed by atoms with Gasteiger partial charge in [-0.3, -0.25) is 14.6 Å². The monoisotopic (exact) mass is 393 g/mol. The molecule has 0 spiro atoms. The Balaban J connectivity index is 1.42. The fraction of sp³-hybridized carbons (Fsp3) is 0.524. The number of β-amino-alcohol motifs (C(OH)–C–C–N with tert-alkyl or cyclic N) is 1. The third-order valence-corrected chi connectivity index (χ3v) is 6.22. The molecule has 5 heterocycles. The Kier molecular flexibility index (Phi) is 4.89. The normalized spacial score (nSPS) is 21.7. The molecule has 3 aromatic heterocycles. The second-order valence-electron chi connectivity index (χ2n) is 8.12. The smallest absolute Gasteiger partial charge is 0.164 e. The van der Waals surface area contributed by atoms with Crippen LogP contribution in [0.15, 0.2) is 30.7 Å². The van der Waals surface area contributed by atoms with Crippen molar-refractivity contribution in [2.24, 2.45) is 7.05 Å². The minimum absolute atomic E-state index is 0.165. The van der Waals surface area contributed by atoms with Gasteiger partial charge in [0.1, 0.15) is 5.82 Å². The lowest BCUT2D eigenvalue weighted by molar-refractivity contribution is 0.0398. The molecule has 8 heteroatoms. The van der Waals surface area contributed by atoms with Crippen LogP contribution in [0.2, 0.25) is 0 Å². The summed E-state index contributed by atoms with van der Waals surface area (Å²) in [6.07, 6.45) is 9.45. The first-order valence-electron chi connectivity index (χ1n) is 10.5. The van der Waals surface area contributed by atoms with Gasteiger partial charge in [0.15, 0.2) is 11.5 Å². The van der Waals surface area contributed by atoms with Crippen LogP contribution in [0, 0.1) is 0 Å². The van der Waals surface area contributed by atoms with Crippen LogP contribution in [-0.4, -0.2) is 73.1 Å². The second kappa shape index (κ2) is 7.68. The van der Waals surface area contributed by atoms with Gasteiger partial charge >= 0.3 is 0 Å². The molecule has 8 nitrogen and oxygen atoms in total. The van der Waals surface area contributed by atoms with E-state index in [2.05, 4.69) is 19.9 Å². The molecule has 2 aliphatic heterocycles. The standard InChI is InChI=1S/C21H27N7O/c1-26-20-18(13-23-26)21(25-19(24-20)15-4-8-22-9-5-15)27-11-6-16(7-12-27)28-10-2-3-17(29)14-28/h4-5,8-9,13,16-17,29H,2-3,6-7,10-12,14H2,1H3. The molecule has 152 valence electrons. The van der Waals surface area contributed by atoms with Gasteiger partial charge in [0.25, 0.3) is 0 Å². The largest absolute Gasteiger partial charge is 0.392 e. The average molecular weight is 393 g/mol. The molecule has 0 bridgehead atoms. The predicted octanol–water partition coefficient (Wildman–Crippen LogP) is 1.85. The van der Waals surface area contributed by atoms with E-state index in [1.165, 1.54) is 0 Å². The second-order valence-corrected chi connectivity index (χ2v) is 8.12. The number of aryl methyl sites for hydroxylation is 1. The number of hydrogen-bond donors (Lipinski definition) is 1. The molecule has 0 saturated carbocycles. The number of piperidine rings is 2. The molecule has 2 aliphatic rings. The van der Waals surface area contributed by atoms with Crippen molar-refractivity contribution < 1.29 is 5.11 Å². The molecular weight excluding hydrogens is 366 g/mol. The van der Waals surface area contributed by atoms with Crippen molar-refractivity contribution in [3.63, 3.8) is 0 Å². The van der Waals surface area contributed by atoms with E-state index in [1.54, 1.807) is 12.4 Å². The Labute approximate surface area is 170 Å². The Morgan fingerprint density at radius 2 is 1.83 bits per heavy atom. The number of aliphatic hydroxyl groups is 1. The number of hydrogen-bond acceptors (Lipinski definition) is 7. The number of aliphatic hydroxyl groups excluding tert-OH is 1. The van der Waals surface area contributed by atoms with E-state index in [0.29, 0.717) is 11.9 Å². The molecule has 2 fully saturated rings. The van der Waals surface area contributed by atoms with Crippen molar-refractivity contribution in [3.05, 3.63) is 30.7 Å². The summed E-state index contributed by atoms with van der Waals surface area (Å²) in [6.45, 7) is 3.83. The lowest BCUT2D eigenvalue weighted by Crippen LogP contribution is -2.49.